The third-order valence-corrected chi connectivity index (χ3v) is 4.02. The Morgan fingerprint density at radius 1 is 1.26 bits per heavy atom. The van der Waals surface area contributed by atoms with Gasteiger partial charge in [-0.1, -0.05) is 38.3 Å². The minimum absolute atomic E-state index is 0.173. The summed E-state index contributed by atoms with van der Waals surface area (Å²) in [5.74, 6) is 0.478. The standard InChI is InChI=1S/C15H25ClN2O/c1-5-8-12(9-6-2)14(19)10-13-15(16)11(4)17-18(13)7-3/h12H,5-10H2,1-4H3. The summed E-state index contributed by atoms with van der Waals surface area (Å²) in [5, 5.41) is 5.02. The van der Waals surface area contributed by atoms with Crippen LogP contribution in [0.5, 0.6) is 0 Å². The summed E-state index contributed by atoms with van der Waals surface area (Å²) in [6, 6.07) is 0. The van der Waals surface area contributed by atoms with Crippen molar-refractivity contribution in [3.63, 3.8) is 0 Å². The van der Waals surface area contributed by atoms with E-state index < -0.39 is 0 Å². The summed E-state index contributed by atoms with van der Waals surface area (Å²) < 4.78 is 1.85. The van der Waals surface area contributed by atoms with Crippen LogP contribution in [0.3, 0.4) is 0 Å². The lowest BCUT2D eigenvalue weighted by atomic mass is 9.91. The molecule has 0 saturated carbocycles. The Balaban J connectivity index is 2.85. The van der Waals surface area contributed by atoms with Gasteiger partial charge in [0.2, 0.25) is 0 Å². The van der Waals surface area contributed by atoms with Gasteiger partial charge >= 0.3 is 0 Å². The van der Waals surface area contributed by atoms with Gasteiger partial charge in [0.25, 0.3) is 0 Å². The molecule has 1 heterocycles. The first kappa shape index (κ1) is 16.2. The third-order valence-electron chi connectivity index (χ3n) is 3.52. The maximum Gasteiger partial charge on any atom is 0.141 e. The van der Waals surface area contributed by atoms with E-state index in [1.165, 1.54) is 0 Å². The molecule has 1 aromatic rings. The molecule has 0 aliphatic rings. The van der Waals surface area contributed by atoms with Gasteiger partial charge in [0.1, 0.15) is 5.78 Å². The van der Waals surface area contributed by atoms with E-state index in [2.05, 4.69) is 18.9 Å². The van der Waals surface area contributed by atoms with Gasteiger partial charge in [-0.15, -0.1) is 0 Å². The number of ketones is 1. The number of aryl methyl sites for hydroxylation is 2. The molecule has 0 aliphatic heterocycles. The molecule has 0 unspecified atom stereocenters. The second kappa shape index (κ2) is 7.68. The number of nitrogens with zero attached hydrogens (tertiary/aromatic N) is 2. The maximum atomic E-state index is 12.4. The van der Waals surface area contributed by atoms with Crippen LogP contribution >= 0.6 is 11.6 Å². The molecule has 0 aliphatic carbocycles. The zero-order chi connectivity index (χ0) is 14.4. The molecular weight excluding hydrogens is 260 g/mol. The van der Waals surface area contributed by atoms with Crippen LogP contribution in [0.1, 0.15) is 57.8 Å². The van der Waals surface area contributed by atoms with Crippen LogP contribution in [0.25, 0.3) is 0 Å². The van der Waals surface area contributed by atoms with Crippen LogP contribution in [-0.2, 0) is 17.8 Å². The SMILES string of the molecule is CCCC(CCC)C(=O)Cc1c(Cl)c(C)nn1CC. The van der Waals surface area contributed by atoms with Gasteiger partial charge < -0.3 is 0 Å². The average Bonchev–Trinajstić information content (AvgIpc) is 2.66. The van der Waals surface area contributed by atoms with E-state index in [1.807, 2.05) is 18.5 Å². The molecule has 0 radical (unpaired) electrons. The van der Waals surface area contributed by atoms with Gasteiger partial charge in [0, 0.05) is 12.5 Å². The van der Waals surface area contributed by atoms with Gasteiger partial charge in [-0.3, -0.25) is 9.48 Å². The van der Waals surface area contributed by atoms with Crippen molar-refractivity contribution in [1.29, 1.82) is 0 Å². The summed E-state index contributed by atoms with van der Waals surface area (Å²) in [6.45, 7) is 8.92. The number of halogens is 1. The molecule has 1 aromatic heterocycles. The maximum absolute atomic E-state index is 12.4. The molecule has 0 N–H and O–H groups in total. The van der Waals surface area contributed by atoms with Crippen LogP contribution in [0.2, 0.25) is 5.02 Å². The van der Waals surface area contributed by atoms with E-state index in [0.717, 1.165) is 43.6 Å². The van der Waals surface area contributed by atoms with E-state index in [0.29, 0.717) is 17.2 Å². The summed E-state index contributed by atoms with van der Waals surface area (Å²) in [7, 11) is 0. The monoisotopic (exact) mass is 284 g/mol. The van der Waals surface area contributed by atoms with E-state index in [-0.39, 0.29) is 5.92 Å². The number of Topliss-reactive ketones (excluding diaryl/α,β-unsaturated/α-hetero) is 1. The van der Waals surface area contributed by atoms with Crippen molar-refractivity contribution in [3.8, 4) is 0 Å². The number of hydrogen-bond donors (Lipinski definition) is 0. The van der Waals surface area contributed by atoms with E-state index in [1.54, 1.807) is 0 Å². The summed E-state index contributed by atoms with van der Waals surface area (Å²) in [4.78, 5) is 12.4. The molecule has 108 valence electrons. The van der Waals surface area contributed by atoms with Crippen LogP contribution < -0.4 is 0 Å². The largest absolute Gasteiger partial charge is 0.299 e. The molecule has 0 amide bonds. The lowest BCUT2D eigenvalue weighted by molar-refractivity contribution is -0.122. The van der Waals surface area contributed by atoms with Gasteiger partial charge in [0.15, 0.2) is 0 Å². The van der Waals surface area contributed by atoms with Crippen molar-refractivity contribution in [1.82, 2.24) is 9.78 Å². The smallest absolute Gasteiger partial charge is 0.141 e. The molecule has 0 bridgehead atoms. The highest BCUT2D eigenvalue weighted by atomic mass is 35.5. The normalized spacial score (nSPS) is 11.3. The zero-order valence-corrected chi connectivity index (χ0v) is 13.3. The van der Waals surface area contributed by atoms with Crippen molar-refractivity contribution in [2.24, 2.45) is 5.92 Å². The van der Waals surface area contributed by atoms with E-state index in [4.69, 9.17) is 11.6 Å². The Labute approximate surface area is 121 Å². The number of carbonyl (C=O) groups excluding carboxylic acids is 1. The summed E-state index contributed by atoms with van der Waals surface area (Å²) in [6.07, 6.45) is 4.47. The quantitative estimate of drug-likeness (QED) is 0.717. The van der Waals surface area contributed by atoms with Crippen molar-refractivity contribution < 1.29 is 4.79 Å². The van der Waals surface area contributed by atoms with Crippen molar-refractivity contribution in [2.45, 2.75) is 66.3 Å². The molecule has 0 spiro atoms. The Morgan fingerprint density at radius 2 is 1.84 bits per heavy atom. The predicted molar refractivity (Wildman–Crippen MR) is 79.7 cm³/mol. The van der Waals surface area contributed by atoms with E-state index in [9.17, 15) is 4.79 Å². The Bertz CT molecular complexity index is 420. The highest BCUT2D eigenvalue weighted by molar-refractivity contribution is 6.32. The lowest BCUT2D eigenvalue weighted by Gasteiger charge is -2.14. The molecule has 0 atom stereocenters. The van der Waals surface area contributed by atoms with Gasteiger partial charge in [-0.25, -0.2) is 0 Å². The van der Waals surface area contributed by atoms with Gasteiger partial charge in [-0.05, 0) is 26.7 Å². The zero-order valence-electron chi connectivity index (χ0n) is 12.5. The Kier molecular flexibility index (Phi) is 6.56. The number of aromatic nitrogens is 2. The summed E-state index contributed by atoms with van der Waals surface area (Å²) >= 11 is 6.26. The fraction of sp³-hybridized carbons (Fsp3) is 0.733. The minimum Gasteiger partial charge on any atom is -0.299 e. The van der Waals surface area contributed by atoms with E-state index >= 15 is 0 Å². The second-order valence-corrected chi connectivity index (χ2v) is 5.46. The fourth-order valence-corrected chi connectivity index (χ4v) is 2.71. The molecule has 3 nitrogen and oxygen atoms in total. The highest BCUT2D eigenvalue weighted by Crippen LogP contribution is 2.24. The first-order chi connectivity index (χ1) is 9.04. The van der Waals surface area contributed by atoms with Gasteiger partial charge in [-0.2, -0.15) is 5.10 Å². The lowest BCUT2D eigenvalue weighted by Crippen LogP contribution is -2.19. The third kappa shape index (κ3) is 4.07. The molecule has 0 aromatic carbocycles. The molecule has 0 saturated heterocycles. The molecule has 4 heteroatoms. The van der Waals surface area contributed by atoms with Crippen LogP contribution in [-0.4, -0.2) is 15.6 Å². The van der Waals surface area contributed by atoms with Crippen molar-refractivity contribution >= 4 is 17.4 Å². The minimum atomic E-state index is 0.173. The van der Waals surface area contributed by atoms with Crippen molar-refractivity contribution in [2.75, 3.05) is 0 Å². The Morgan fingerprint density at radius 3 is 2.32 bits per heavy atom. The first-order valence-corrected chi connectivity index (χ1v) is 7.67. The number of hydrogen-bond acceptors (Lipinski definition) is 2. The topological polar surface area (TPSA) is 34.9 Å². The Hall–Kier alpha value is -0.830. The molecular formula is C15H25ClN2O. The highest BCUT2D eigenvalue weighted by Gasteiger charge is 2.21. The molecule has 19 heavy (non-hydrogen) atoms. The first-order valence-electron chi connectivity index (χ1n) is 7.29. The van der Waals surface area contributed by atoms with Crippen molar-refractivity contribution in [3.05, 3.63) is 16.4 Å². The van der Waals surface area contributed by atoms with Crippen LogP contribution in [0.15, 0.2) is 0 Å². The van der Waals surface area contributed by atoms with Gasteiger partial charge in [0.05, 0.1) is 22.8 Å². The number of rotatable bonds is 8. The second-order valence-electron chi connectivity index (χ2n) is 5.08. The number of carbonyl (C=O) groups is 1. The molecule has 0 fully saturated rings. The fourth-order valence-electron chi connectivity index (χ4n) is 2.51. The van der Waals surface area contributed by atoms with Crippen LogP contribution in [0.4, 0.5) is 0 Å². The predicted octanol–water partition coefficient (Wildman–Crippen LogP) is 4.19. The summed E-state index contributed by atoms with van der Waals surface area (Å²) in [5.41, 5.74) is 1.69. The molecule has 1 rings (SSSR count). The average molecular weight is 285 g/mol. The van der Waals surface area contributed by atoms with Crippen LogP contribution in [0, 0.1) is 12.8 Å².